The van der Waals surface area contributed by atoms with Gasteiger partial charge in [0.05, 0.1) is 25.1 Å². The molecule has 9 nitrogen and oxygen atoms in total. The molecule has 0 spiro atoms. The van der Waals surface area contributed by atoms with Crippen molar-refractivity contribution in [2.75, 3.05) is 12.0 Å². The van der Waals surface area contributed by atoms with E-state index in [1.165, 1.54) is 26.0 Å². The molecule has 1 saturated carbocycles. The first-order valence-corrected chi connectivity index (χ1v) is 12.4. The molecule has 1 aliphatic carbocycles. The standard InChI is InChI=1S/C26H30FN7O2/c1-25-8-9-26(2,33-25)12-17(11-25)34(16-5-6-16)21-14-28-23(32-31-21)18-7-4-15(10-20(18)35)22-19(27)13-29-24(30-22)36-3/h4,7,10,13-14,16-17,33,35H,5-6,8-9,11-12H2,1-3H3/t17-,25-,26+. The first-order chi connectivity index (χ1) is 17.3. The zero-order chi connectivity index (χ0) is 25.1. The van der Waals surface area contributed by atoms with Crippen molar-refractivity contribution in [3.8, 4) is 34.4 Å². The molecule has 188 valence electrons. The number of phenols is 1. The molecule has 4 heterocycles. The summed E-state index contributed by atoms with van der Waals surface area (Å²) < 4.78 is 19.3. The van der Waals surface area contributed by atoms with Gasteiger partial charge in [0, 0.05) is 28.7 Å². The Morgan fingerprint density at radius 2 is 1.81 bits per heavy atom. The van der Waals surface area contributed by atoms with Crippen molar-refractivity contribution >= 4 is 5.82 Å². The maximum Gasteiger partial charge on any atom is 0.316 e. The van der Waals surface area contributed by atoms with E-state index >= 15 is 0 Å². The van der Waals surface area contributed by atoms with Crippen LogP contribution in [0.25, 0.3) is 22.6 Å². The number of anilines is 1. The summed E-state index contributed by atoms with van der Waals surface area (Å²) in [6.07, 6.45) is 9.67. The predicted octanol–water partition coefficient (Wildman–Crippen LogP) is 3.88. The molecule has 2 N–H and O–H groups in total. The van der Waals surface area contributed by atoms with Crippen LogP contribution in [0.5, 0.6) is 11.8 Å². The zero-order valence-corrected chi connectivity index (χ0v) is 20.7. The maximum atomic E-state index is 14.3. The molecule has 10 heteroatoms. The third-order valence-electron chi connectivity index (χ3n) is 7.77. The van der Waals surface area contributed by atoms with E-state index in [2.05, 4.69) is 49.2 Å². The summed E-state index contributed by atoms with van der Waals surface area (Å²) in [5.74, 6) is 0.392. The number of benzene rings is 1. The normalized spacial score (nSPS) is 27.2. The van der Waals surface area contributed by atoms with Crippen LogP contribution in [-0.2, 0) is 0 Å². The number of piperidine rings is 1. The summed E-state index contributed by atoms with van der Waals surface area (Å²) in [6, 6.07) is 5.64. The highest BCUT2D eigenvalue weighted by atomic mass is 19.1. The fourth-order valence-electron chi connectivity index (χ4n) is 6.08. The van der Waals surface area contributed by atoms with Crippen molar-refractivity contribution in [2.45, 2.75) is 75.5 Å². The van der Waals surface area contributed by atoms with Gasteiger partial charge in [-0.15, -0.1) is 10.2 Å². The van der Waals surface area contributed by atoms with E-state index in [-0.39, 0.29) is 28.5 Å². The van der Waals surface area contributed by atoms with E-state index in [4.69, 9.17) is 4.74 Å². The average molecular weight is 492 g/mol. The van der Waals surface area contributed by atoms with Gasteiger partial charge in [-0.3, -0.25) is 0 Å². The molecule has 0 unspecified atom stereocenters. The lowest BCUT2D eigenvalue weighted by atomic mass is 9.84. The molecule has 3 aliphatic rings. The molecule has 3 atom stereocenters. The fraction of sp³-hybridized carbons (Fsp3) is 0.500. The molecule has 36 heavy (non-hydrogen) atoms. The number of methoxy groups -OCH3 is 1. The number of fused-ring (bicyclic) bond motifs is 2. The molecule has 1 aromatic carbocycles. The van der Waals surface area contributed by atoms with E-state index in [1.54, 1.807) is 18.3 Å². The number of halogens is 1. The molecule has 6 rings (SSSR count). The van der Waals surface area contributed by atoms with E-state index in [0.29, 0.717) is 29.0 Å². The first-order valence-electron chi connectivity index (χ1n) is 12.4. The number of hydrogen-bond acceptors (Lipinski definition) is 9. The van der Waals surface area contributed by atoms with Crippen LogP contribution in [0.3, 0.4) is 0 Å². The number of nitrogens with one attached hydrogen (secondary N) is 1. The van der Waals surface area contributed by atoms with Crippen molar-refractivity contribution in [1.82, 2.24) is 30.5 Å². The second-order valence-electron chi connectivity index (χ2n) is 10.9. The molecule has 0 amide bonds. The van der Waals surface area contributed by atoms with Gasteiger partial charge in [0.15, 0.2) is 17.5 Å². The van der Waals surface area contributed by atoms with Gasteiger partial charge in [0.1, 0.15) is 11.4 Å². The van der Waals surface area contributed by atoms with E-state index < -0.39 is 5.82 Å². The number of hydrogen-bond donors (Lipinski definition) is 2. The summed E-state index contributed by atoms with van der Waals surface area (Å²) in [7, 11) is 1.41. The Morgan fingerprint density at radius 3 is 2.42 bits per heavy atom. The Balaban J connectivity index is 1.26. The van der Waals surface area contributed by atoms with Gasteiger partial charge in [-0.25, -0.2) is 14.4 Å². The third-order valence-corrected chi connectivity index (χ3v) is 7.77. The lowest BCUT2D eigenvalue weighted by Gasteiger charge is -2.46. The van der Waals surface area contributed by atoms with Crippen molar-refractivity contribution < 1.29 is 14.2 Å². The van der Waals surface area contributed by atoms with Crippen molar-refractivity contribution in [3.63, 3.8) is 0 Å². The molecular formula is C26H30FN7O2. The van der Waals surface area contributed by atoms with Gasteiger partial charge >= 0.3 is 6.01 Å². The van der Waals surface area contributed by atoms with Gasteiger partial charge < -0.3 is 20.1 Å². The Labute approximate surface area is 209 Å². The summed E-state index contributed by atoms with van der Waals surface area (Å²) in [5, 5.41) is 23.5. The first kappa shape index (κ1) is 23.0. The molecule has 2 saturated heterocycles. The van der Waals surface area contributed by atoms with Crippen LogP contribution < -0.4 is 15.0 Å². The highest BCUT2D eigenvalue weighted by Crippen LogP contribution is 2.46. The van der Waals surface area contributed by atoms with Gasteiger partial charge in [0.25, 0.3) is 0 Å². The molecule has 3 aromatic rings. The summed E-state index contributed by atoms with van der Waals surface area (Å²) in [6.45, 7) is 4.66. The third kappa shape index (κ3) is 4.13. The van der Waals surface area contributed by atoms with Crippen LogP contribution in [0.2, 0.25) is 0 Å². The van der Waals surface area contributed by atoms with Gasteiger partial charge in [-0.1, -0.05) is 6.07 Å². The predicted molar refractivity (Wildman–Crippen MR) is 132 cm³/mol. The lowest BCUT2D eigenvalue weighted by Crippen LogP contribution is -2.59. The fourth-order valence-corrected chi connectivity index (χ4v) is 6.08. The summed E-state index contributed by atoms with van der Waals surface area (Å²) in [5.41, 5.74) is 1.16. The minimum absolute atomic E-state index is 0.0384. The zero-order valence-electron chi connectivity index (χ0n) is 20.7. The van der Waals surface area contributed by atoms with Gasteiger partial charge in [-0.05, 0) is 64.5 Å². The SMILES string of the molecule is COc1ncc(F)c(-c2ccc(-c3ncc(N(C4CC4)[C@H]4C[C@]5(C)CC[C@](C)(C4)N5)nn3)c(O)c2)n1. The second-order valence-corrected chi connectivity index (χ2v) is 10.9. The number of aromatic nitrogens is 5. The van der Waals surface area contributed by atoms with Gasteiger partial charge in [0.2, 0.25) is 0 Å². The molecule has 0 radical (unpaired) electrons. The van der Waals surface area contributed by atoms with Crippen LogP contribution in [0.1, 0.15) is 52.4 Å². The quantitative estimate of drug-likeness (QED) is 0.531. The second kappa shape index (κ2) is 8.33. The highest BCUT2D eigenvalue weighted by Gasteiger charge is 2.51. The topological polar surface area (TPSA) is 109 Å². The summed E-state index contributed by atoms with van der Waals surface area (Å²) in [4.78, 5) is 14.8. The maximum absolute atomic E-state index is 14.3. The summed E-state index contributed by atoms with van der Waals surface area (Å²) >= 11 is 0. The molecular weight excluding hydrogens is 461 g/mol. The van der Waals surface area contributed by atoms with Crippen LogP contribution in [-0.4, -0.2) is 60.5 Å². The van der Waals surface area contributed by atoms with E-state index in [0.717, 1.165) is 37.7 Å². The Hall–Kier alpha value is -3.40. The molecule has 2 aromatic heterocycles. The monoisotopic (exact) mass is 491 g/mol. The molecule has 3 fully saturated rings. The minimum atomic E-state index is -0.612. The number of phenolic OH excluding ortho intramolecular Hbond substituents is 1. The highest BCUT2D eigenvalue weighted by molar-refractivity contribution is 5.71. The molecule has 2 aliphatic heterocycles. The van der Waals surface area contributed by atoms with E-state index in [9.17, 15) is 9.50 Å². The number of rotatable bonds is 6. The van der Waals surface area contributed by atoms with Crippen LogP contribution in [0, 0.1) is 5.82 Å². The van der Waals surface area contributed by atoms with Gasteiger partial charge in [-0.2, -0.15) is 4.98 Å². The minimum Gasteiger partial charge on any atom is -0.507 e. The Bertz CT molecular complexity index is 1280. The Kier molecular flexibility index (Phi) is 5.33. The smallest absolute Gasteiger partial charge is 0.316 e. The van der Waals surface area contributed by atoms with E-state index in [1.807, 2.05) is 0 Å². The van der Waals surface area contributed by atoms with Crippen LogP contribution >= 0.6 is 0 Å². The van der Waals surface area contributed by atoms with Crippen LogP contribution in [0.4, 0.5) is 10.2 Å². The molecule has 2 bridgehead atoms. The number of ether oxygens (including phenoxy) is 1. The van der Waals surface area contributed by atoms with Crippen molar-refractivity contribution in [2.24, 2.45) is 0 Å². The number of nitrogens with zero attached hydrogens (tertiary/aromatic N) is 6. The lowest BCUT2D eigenvalue weighted by molar-refractivity contribution is 0.203. The Morgan fingerprint density at radius 1 is 1.06 bits per heavy atom. The average Bonchev–Trinajstić information content (AvgIpc) is 3.65. The van der Waals surface area contributed by atoms with Crippen LogP contribution in [0.15, 0.2) is 30.6 Å². The van der Waals surface area contributed by atoms with Crippen molar-refractivity contribution in [3.05, 3.63) is 36.4 Å². The number of aromatic hydroxyl groups is 1. The van der Waals surface area contributed by atoms with Crippen molar-refractivity contribution in [1.29, 1.82) is 0 Å². The largest absolute Gasteiger partial charge is 0.507 e.